The SMILES string of the molecule is C.C.CC.CC.CC1Cc2ccccc2C1.CCC1CCCCC1. The fourth-order valence-corrected chi connectivity index (χ4v) is 3.37. The Labute approximate surface area is 155 Å². The number of benzene rings is 1. The van der Waals surface area contributed by atoms with Crippen molar-refractivity contribution in [2.24, 2.45) is 11.8 Å². The average Bonchev–Trinajstić information content (AvgIpc) is 3.00. The summed E-state index contributed by atoms with van der Waals surface area (Å²) in [6.45, 7) is 12.6. The van der Waals surface area contributed by atoms with Crippen molar-refractivity contribution in [1.29, 1.82) is 0 Å². The third-order valence-electron chi connectivity index (χ3n) is 4.56. The van der Waals surface area contributed by atoms with Crippen LogP contribution in [0.4, 0.5) is 0 Å². The Morgan fingerprint density at radius 3 is 1.54 bits per heavy atom. The molecule has 1 aromatic carbocycles. The lowest BCUT2D eigenvalue weighted by atomic mass is 9.88. The van der Waals surface area contributed by atoms with Gasteiger partial charge in [-0.2, -0.15) is 0 Å². The molecule has 2 aliphatic rings. The van der Waals surface area contributed by atoms with E-state index in [1.54, 1.807) is 11.1 Å². The predicted molar refractivity (Wildman–Crippen MR) is 116 cm³/mol. The standard InChI is InChI=1S/C10H12.C8H16.2C2H6.2CH4/c1-8-6-9-4-2-3-5-10(9)7-8;1-2-8-6-4-3-5-7-8;2*1-2;;/h2-5,8H,6-7H2,1H3;8H,2-7H2,1H3;2*1-2H3;2*1H4. The summed E-state index contributed by atoms with van der Waals surface area (Å²) in [4.78, 5) is 0. The summed E-state index contributed by atoms with van der Waals surface area (Å²) in [5.41, 5.74) is 3.13. The van der Waals surface area contributed by atoms with Gasteiger partial charge in [-0.15, -0.1) is 0 Å². The zero-order valence-corrected chi connectivity index (χ0v) is 16.1. The summed E-state index contributed by atoms with van der Waals surface area (Å²) in [6, 6.07) is 8.77. The van der Waals surface area contributed by atoms with E-state index in [1.165, 1.54) is 51.4 Å². The van der Waals surface area contributed by atoms with Crippen molar-refractivity contribution < 1.29 is 0 Å². The van der Waals surface area contributed by atoms with Crippen LogP contribution in [0.3, 0.4) is 0 Å². The Balaban J connectivity index is -0.000000289. The quantitative estimate of drug-likeness (QED) is 0.481. The first-order valence-corrected chi connectivity index (χ1v) is 9.86. The normalized spacial score (nSPS) is 15.6. The van der Waals surface area contributed by atoms with Crippen LogP contribution in [-0.2, 0) is 12.8 Å². The van der Waals surface area contributed by atoms with Crippen LogP contribution in [0, 0.1) is 11.8 Å². The number of hydrogen-bond donors (Lipinski definition) is 0. The molecule has 24 heavy (non-hydrogen) atoms. The second kappa shape index (κ2) is 18.6. The van der Waals surface area contributed by atoms with Gasteiger partial charge < -0.3 is 0 Å². The highest BCUT2D eigenvalue weighted by Crippen LogP contribution is 2.26. The van der Waals surface area contributed by atoms with Crippen molar-refractivity contribution in [3.8, 4) is 0 Å². The number of fused-ring (bicyclic) bond motifs is 1. The van der Waals surface area contributed by atoms with E-state index < -0.39 is 0 Å². The van der Waals surface area contributed by atoms with Crippen molar-refractivity contribution >= 4 is 0 Å². The highest BCUT2D eigenvalue weighted by atomic mass is 14.2. The fourth-order valence-electron chi connectivity index (χ4n) is 3.37. The predicted octanol–water partition coefficient (Wildman–Crippen LogP) is 8.72. The van der Waals surface area contributed by atoms with Gasteiger partial charge in [0.2, 0.25) is 0 Å². The topological polar surface area (TPSA) is 0 Å². The summed E-state index contributed by atoms with van der Waals surface area (Å²) in [7, 11) is 0. The first-order chi connectivity index (χ1) is 10.8. The number of rotatable bonds is 1. The molecule has 0 saturated heterocycles. The van der Waals surface area contributed by atoms with Crippen molar-refractivity contribution in [2.45, 2.75) is 108 Å². The smallest absolute Gasteiger partial charge is 0.0247 e. The second-order valence-electron chi connectivity index (χ2n) is 6.19. The van der Waals surface area contributed by atoms with E-state index >= 15 is 0 Å². The Morgan fingerprint density at radius 1 is 0.792 bits per heavy atom. The molecule has 0 heterocycles. The molecule has 0 aliphatic heterocycles. The lowest BCUT2D eigenvalue weighted by Gasteiger charge is -2.18. The molecule has 0 nitrogen and oxygen atoms in total. The van der Waals surface area contributed by atoms with E-state index in [1.807, 2.05) is 27.7 Å². The molecule has 0 atom stereocenters. The molecule has 1 fully saturated rings. The molecule has 1 aromatic rings. The Hall–Kier alpha value is -0.780. The molecule has 0 spiro atoms. The maximum absolute atomic E-state index is 2.32. The van der Waals surface area contributed by atoms with Crippen LogP contribution in [-0.4, -0.2) is 0 Å². The molecule has 0 radical (unpaired) electrons. The van der Waals surface area contributed by atoms with Crippen LogP contribution >= 0.6 is 0 Å². The van der Waals surface area contributed by atoms with Gasteiger partial charge in [0.25, 0.3) is 0 Å². The largest absolute Gasteiger partial charge is 0.0776 e. The van der Waals surface area contributed by atoms with Crippen LogP contribution in [0.15, 0.2) is 24.3 Å². The van der Waals surface area contributed by atoms with Crippen LogP contribution < -0.4 is 0 Å². The highest BCUT2D eigenvalue weighted by molar-refractivity contribution is 5.31. The summed E-state index contributed by atoms with van der Waals surface area (Å²) in [5, 5.41) is 0. The van der Waals surface area contributed by atoms with Gasteiger partial charge >= 0.3 is 0 Å². The minimum absolute atomic E-state index is 0. The van der Waals surface area contributed by atoms with Gasteiger partial charge in [0.15, 0.2) is 0 Å². The van der Waals surface area contributed by atoms with E-state index in [4.69, 9.17) is 0 Å². The summed E-state index contributed by atoms with van der Waals surface area (Å²) >= 11 is 0. The minimum atomic E-state index is 0. The fraction of sp³-hybridized carbons (Fsp3) is 0.750. The van der Waals surface area contributed by atoms with E-state index in [0.29, 0.717) is 0 Å². The second-order valence-corrected chi connectivity index (χ2v) is 6.19. The molecule has 144 valence electrons. The maximum atomic E-state index is 2.32. The van der Waals surface area contributed by atoms with Crippen LogP contribution in [0.1, 0.15) is 106 Å². The number of hydrogen-bond acceptors (Lipinski definition) is 0. The van der Waals surface area contributed by atoms with E-state index in [9.17, 15) is 0 Å². The molecule has 2 aliphatic carbocycles. The van der Waals surface area contributed by atoms with Gasteiger partial charge in [0.05, 0.1) is 0 Å². The maximum Gasteiger partial charge on any atom is -0.0247 e. The first kappa shape index (κ1) is 28.0. The zero-order chi connectivity index (χ0) is 16.8. The third kappa shape index (κ3) is 10.9. The lowest BCUT2D eigenvalue weighted by Crippen LogP contribution is -2.03. The van der Waals surface area contributed by atoms with Gasteiger partial charge in [-0.3, -0.25) is 0 Å². The van der Waals surface area contributed by atoms with Gasteiger partial charge in [-0.1, -0.05) is 119 Å². The van der Waals surface area contributed by atoms with E-state index in [0.717, 1.165) is 11.8 Å². The van der Waals surface area contributed by atoms with Crippen molar-refractivity contribution in [3.63, 3.8) is 0 Å². The molecule has 0 heteroatoms. The molecule has 0 unspecified atom stereocenters. The molecular formula is C24H48. The van der Waals surface area contributed by atoms with Gasteiger partial charge in [0.1, 0.15) is 0 Å². The monoisotopic (exact) mass is 336 g/mol. The Kier molecular flexibility index (Phi) is 21.7. The molecule has 0 bridgehead atoms. The summed E-state index contributed by atoms with van der Waals surface area (Å²) in [5.74, 6) is 1.96. The Bertz CT molecular complexity index is 322. The summed E-state index contributed by atoms with van der Waals surface area (Å²) in [6.07, 6.45) is 11.5. The minimum Gasteiger partial charge on any atom is -0.0776 e. The molecule has 3 rings (SSSR count). The van der Waals surface area contributed by atoms with Crippen molar-refractivity contribution in [3.05, 3.63) is 35.4 Å². The molecule has 0 N–H and O–H groups in total. The lowest BCUT2D eigenvalue weighted by molar-refractivity contribution is 0.349. The third-order valence-corrected chi connectivity index (χ3v) is 4.56. The van der Waals surface area contributed by atoms with Crippen LogP contribution in [0.25, 0.3) is 0 Å². The molecule has 1 saturated carbocycles. The van der Waals surface area contributed by atoms with Gasteiger partial charge in [0, 0.05) is 0 Å². The van der Waals surface area contributed by atoms with Crippen LogP contribution in [0.2, 0.25) is 0 Å². The van der Waals surface area contributed by atoms with E-state index in [2.05, 4.69) is 38.1 Å². The Morgan fingerprint density at radius 2 is 1.21 bits per heavy atom. The highest BCUT2D eigenvalue weighted by Gasteiger charge is 2.15. The summed E-state index contributed by atoms with van der Waals surface area (Å²) < 4.78 is 0. The zero-order valence-electron chi connectivity index (χ0n) is 16.1. The van der Waals surface area contributed by atoms with Gasteiger partial charge in [-0.25, -0.2) is 0 Å². The van der Waals surface area contributed by atoms with Crippen LogP contribution in [0.5, 0.6) is 0 Å². The van der Waals surface area contributed by atoms with E-state index in [-0.39, 0.29) is 14.9 Å². The molecule has 0 aromatic heterocycles. The average molecular weight is 337 g/mol. The first-order valence-electron chi connectivity index (χ1n) is 9.86. The molecular weight excluding hydrogens is 288 g/mol. The van der Waals surface area contributed by atoms with Crippen molar-refractivity contribution in [2.75, 3.05) is 0 Å². The van der Waals surface area contributed by atoms with Gasteiger partial charge in [-0.05, 0) is 35.8 Å². The van der Waals surface area contributed by atoms with Crippen molar-refractivity contribution in [1.82, 2.24) is 0 Å². The molecule has 0 amide bonds.